The third-order valence-corrected chi connectivity index (χ3v) is 1.98. The Kier molecular flexibility index (Phi) is 4.52. The van der Waals surface area contributed by atoms with E-state index in [0.717, 1.165) is 11.1 Å². The van der Waals surface area contributed by atoms with Crippen LogP contribution >= 0.6 is 0 Å². The molecule has 0 spiro atoms. The number of hydrogen-bond donors (Lipinski definition) is 0. The van der Waals surface area contributed by atoms with Crippen LogP contribution in [0, 0.1) is 6.92 Å². The molecule has 0 aliphatic rings. The summed E-state index contributed by atoms with van der Waals surface area (Å²) in [5.74, 6) is 0. The lowest BCUT2D eigenvalue weighted by Crippen LogP contribution is -2.20. The molecule has 4 nitrogen and oxygen atoms in total. The fourth-order valence-corrected chi connectivity index (χ4v) is 1.00. The second-order valence-corrected chi connectivity index (χ2v) is 3.09. The third kappa shape index (κ3) is 3.41. The SMILES string of the molecule is CON(C)COCc1ccncc1C. The fourth-order valence-electron chi connectivity index (χ4n) is 1.00. The van der Waals surface area contributed by atoms with E-state index in [4.69, 9.17) is 9.57 Å². The molecule has 0 bridgehead atoms. The molecule has 0 atom stereocenters. The zero-order valence-electron chi connectivity index (χ0n) is 8.86. The number of rotatable bonds is 5. The Morgan fingerprint density at radius 1 is 1.50 bits per heavy atom. The lowest BCUT2D eigenvalue weighted by Gasteiger charge is -2.13. The van der Waals surface area contributed by atoms with Gasteiger partial charge in [0.2, 0.25) is 0 Å². The maximum atomic E-state index is 5.43. The highest BCUT2D eigenvalue weighted by atomic mass is 16.7. The smallest absolute Gasteiger partial charge is 0.122 e. The molecule has 1 aromatic rings. The minimum absolute atomic E-state index is 0.457. The molecule has 0 saturated carbocycles. The van der Waals surface area contributed by atoms with Gasteiger partial charge in [-0.3, -0.25) is 4.98 Å². The summed E-state index contributed by atoms with van der Waals surface area (Å²) in [5.41, 5.74) is 2.30. The first-order valence-corrected chi connectivity index (χ1v) is 4.46. The first kappa shape index (κ1) is 11.1. The summed E-state index contributed by atoms with van der Waals surface area (Å²) in [7, 11) is 3.43. The molecule has 0 unspecified atom stereocenters. The second-order valence-electron chi connectivity index (χ2n) is 3.09. The van der Waals surface area contributed by atoms with E-state index >= 15 is 0 Å². The molecule has 0 aromatic carbocycles. The van der Waals surface area contributed by atoms with Gasteiger partial charge in [-0.1, -0.05) is 0 Å². The van der Waals surface area contributed by atoms with E-state index < -0.39 is 0 Å². The Morgan fingerprint density at radius 2 is 2.29 bits per heavy atom. The Balaban J connectivity index is 2.35. The van der Waals surface area contributed by atoms with Crippen LogP contribution in [-0.4, -0.2) is 30.9 Å². The van der Waals surface area contributed by atoms with Crippen LogP contribution in [0.25, 0.3) is 0 Å². The molecule has 1 rings (SSSR count). The predicted molar refractivity (Wildman–Crippen MR) is 53.4 cm³/mol. The predicted octanol–water partition coefficient (Wildman–Crippen LogP) is 1.36. The van der Waals surface area contributed by atoms with E-state index in [9.17, 15) is 0 Å². The molecule has 4 heteroatoms. The number of aromatic nitrogens is 1. The number of nitrogens with zero attached hydrogens (tertiary/aromatic N) is 2. The van der Waals surface area contributed by atoms with E-state index in [1.165, 1.54) is 0 Å². The van der Waals surface area contributed by atoms with E-state index in [-0.39, 0.29) is 0 Å². The van der Waals surface area contributed by atoms with E-state index in [2.05, 4.69) is 4.98 Å². The summed E-state index contributed by atoms with van der Waals surface area (Å²) < 4.78 is 5.43. The first-order valence-electron chi connectivity index (χ1n) is 4.46. The van der Waals surface area contributed by atoms with Gasteiger partial charge in [0.15, 0.2) is 0 Å². The van der Waals surface area contributed by atoms with Crippen molar-refractivity contribution < 1.29 is 9.57 Å². The summed E-state index contributed by atoms with van der Waals surface area (Å²) in [5, 5.41) is 1.62. The molecular formula is C10H16N2O2. The monoisotopic (exact) mass is 196 g/mol. The van der Waals surface area contributed by atoms with Crippen LogP contribution in [0.4, 0.5) is 0 Å². The van der Waals surface area contributed by atoms with E-state index in [1.807, 2.05) is 26.2 Å². The lowest BCUT2D eigenvalue weighted by molar-refractivity contribution is -0.172. The van der Waals surface area contributed by atoms with Gasteiger partial charge in [-0.25, -0.2) is 0 Å². The number of hydrogen-bond acceptors (Lipinski definition) is 4. The minimum Gasteiger partial charge on any atom is -0.359 e. The van der Waals surface area contributed by atoms with Crippen molar-refractivity contribution in [1.29, 1.82) is 0 Å². The number of ether oxygens (including phenoxy) is 1. The quantitative estimate of drug-likeness (QED) is 0.526. The summed E-state index contributed by atoms with van der Waals surface area (Å²) in [4.78, 5) is 8.93. The van der Waals surface area contributed by atoms with E-state index in [1.54, 1.807) is 18.4 Å². The Hall–Kier alpha value is -0.970. The molecule has 0 amide bonds. The van der Waals surface area contributed by atoms with Crippen LogP contribution in [0.15, 0.2) is 18.5 Å². The average Bonchev–Trinajstić information content (AvgIpc) is 2.20. The number of aryl methyl sites for hydroxylation is 1. The number of hydroxylamine groups is 2. The molecule has 14 heavy (non-hydrogen) atoms. The van der Waals surface area contributed by atoms with Gasteiger partial charge in [-0.2, -0.15) is 5.06 Å². The molecule has 0 saturated heterocycles. The van der Waals surface area contributed by atoms with Gasteiger partial charge in [0.1, 0.15) is 6.73 Å². The van der Waals surface area contributed by atoms with Gasteiger partial charge in [-0.15, -0.1) is 0 Å². The molecule has 1 heterocycles. The molecule has 0 radical (unpaired) electrons. The summed E-state index contributed by atoms with van der Waals surface area (Å²) in [6.45, 7) is 3.06. The molecular weight excluding hydrogens is 180 g/mol. The van der Waals surface area contributed by atoms with Crippen molar-refractivity contribution >= 4 is 0 Å². The normalized spacial score (nSPS) is 10.9. The molecule has 78 valence electrons. The van der Waals surface area contributed by atoms with Crippen molar-refractivity contribution in [2.24, 2.45) is 0 Å². The molecule has 0 N–H and O–H groups in total. The van der Waals surface area contributed by atoms with E-state index in [0.29, 0.717) is 13.3 Å². The second kappa shape index (κ2) is 5.70. The highest BCUT2D eigenvalue weighted by Crippen LogP contribution is 2.06. The van der Waals surface area contributed by atoms with Crippen LogP contribution < -0.4 is 0 Å². The van der Waals surface area contributed by atoms with Gasteiger partial charge in [0, 0.05) is 19.4 Å². The highest BCUT2D eigenvalue weighted by Gasteiger charge is 1.99. The van der Waals surface area contributed by atoms with Gasteiger partial charge >= 0.3 is 0 Å². The summed E-state index contributed by atoms with van der Waals surface area (Å²) in [6.07, 6.45) is 3.60. The fraction of sp³-hybridized carbons (Fsp3) is 0.500. The largest absolute Gasteiger partial charge is 0.359 e. The van der Waals surface area contributed by atoms with Gasteiger partial charge in [0.25, 0.3) is 0 Å². The Labute approximate surface area is 84.4 Å². The summed E-state index contributed by atoms with van der Waals surface area (Å²) >= 11 is 0. The van der Waals surface area contributed by atoms with Crippen LogP contribution in [0.2, 0.25) is 0 Å². The van der Waals surface area contributed by atoms with Gasteiger partial charge < -0.3 is 9.57 Å². The highest BCUT2D eigenvalue weighted by molar-refractivity contribution is 5.20. The Bertz CT molecular complexity index is 279. The van der Waals surface area contributed by atoms with Crippen molar-refractivity contribution in [2.75, 3.05) is 20.9 Å². The van der Waals surface area contributed by atoms with Crippen LogP contribution in [0.1, 0.15) is 11.1 Å². The van der Waals surface area contributed by atoms with Gasteiger partial charge in [-0.05, 0) is 24.1 Å². The van der Waals surface area contributed by atoms with Crippen molar-refractivity contribution in [1.82, 2.24) is 10.0 Å². The van der Waals surface area contributed by atoms with Crippen LogP contribution in [0.5, 0.6) is 0 Å². The molecule has 0 aliphatic heterocycles. The van der Waals surface area contributed by atoms with Crippen LogP contribution in [-0.2, 0) is 16.2 Å². The van der Waals surface area contributed by atoms with Gasteiger partial charge in [0.05, 0.1) is 13.7 Å². The van der Waals surface area contributed by atoms with Crippen molar-refractivity contribution in [2.45, 2.75) is 13.5 Å². The minimum atomic E-state index is 0.457. The zero-order valence-corrected chi connectivity index (χ0v) is 8.86. The van der Waals surface area contributed by atoms with Crippen LogP contribution in [0.3, 0.4) is 0 Å². The first-order chi connectivity index (χ1) is 6.74. The third-order valence-electron chi connectivity index (χ3n) is 1.98. The van der Waals surface area contributed by atoms with Crippen molar-refractivity contribution in [3.63, 3.8) is 0 Å². The van der Waals surface area contributed by atoms with Crippen molar-refractivity contribution in [3.8, 4) is 0 Å². The standard InChI is InChI=1S/C10H16N2O2/c1-9-6-11-5-4-10(9)7-14-8-12(2)13-3/h4-6H,7-8H2,1-3H3. The number of pyridine rings is 1. The summed E-state index contributed by atoms with van der Waals surface area (Å²) in [6, 6.07) is 1.96. The topological polar surface area (TPSA) is 34.6 Å². The molecule has 0 fully saturated rings. The average molecular weight is 196 g/mol. The Morgan fingerprint density at radius 3 is 2.93 bits per heavy atom. The molecule has 0 aliphatic carbocycles. The maximum Gasteiger partial charge on any atom is 0.122 e. The lowest BCUT2D eigenvalue weighted by atomic mass is 10.2. The maximum absolute atomic E-state index is 5.43. The molecule has 1 aromatic heterocycles. The zero-order chi connectivity index (χ0) is 10.4. The van der Waals surface area contributed by atoms with Crippen molar-refractivity contribution in [3.05, 3.63) is 29.6 Å².